The molecule has 0 aliphatic rings. The standard InChI is InChI=1S/C20H22N2O4S2/c1-4-26-12-11-22-17-10-5-14(2)13-18(17)27-20(22)21-19(23)15-6-8-16(9-7-15)28(3,24)25/h5-10,13H,4,11-12H2,1-3H3. The van der Waals surface area contributed by atoms with Crippen LogP contribution in [0, 0.1) is 6.92 Å². The van der Waals surface area contributed by atoms with Gasteiger partial charge in [-0.25, -0.2) is 8.42 Å². The lowest BCUT2D eigenvalue weighted by atomic mass is 10.2. The van der Waals surface area contributed by atoms with Crippen LogP contribution in [-0.2, 0) is 21.1 Å². The first-order valence-corrected chi connectivity index (χ1v) is 11.6. The number of rotatable bonds is 6. The Morgan fingerprint density at radius 1 is 1.18 bits per heavy atom. The van der Waals surface area contributed by atoms with Crippen LogP contribution in [0.3, 0.4) is 0 Å². The van der Waals surface area contributed by atoms with Gasteiger partial charge in [0.15, 0.2) is 14.6 Å². The van der Waals surface area contributed by atoms with Crippen LogP contribution < -0.4 is 4.80 Å². The topological polar surface area (TPSA) is 77.7 Å². The van der Waals surface area contributed by atoms with E-state index < -0.39 is 15.7 Å². The van der Waals surface area contributed by atoms with Gasteiger partial charge >= 0.3 is 0 Å². The fraction of sp³-hybridized carbons (Fsp3) is 0.300. The number of carbonyl (C=O) groups is 1. The lowest BCUT2D eigenvalue weighted by Gasteiger charge is -2.05. The van der Waals surface area contributed by atoms with Crippen molar-refractivity contribution in [3.05, 3.63) is 58.4 Å². The molecule has 8 heteroatoms. The summed E-state index contributed by atoms with van der Waals surface area (Å²) in [5.41, 5.74) is 2.49. The highest BCUT2D eigenvalue weighted by Gasteiger charge is 2.12. The molecule has 0 atom stereocenters. The van der Waals surface area contributed by atoms with Crippen LogP contribution in [0.1, 0.15) is 22.8 Å². The number of sulfone groups is 1. The number of hydrogen-bond acceptors (Lipinski definition) is 5. The van der Waals surface area contributed by atoms with Gasteiger partial charge in [-0.1, -0.05) is 17.4 Å². The van der Waals surface area contributed by atoms with Crippen LogP contribution in [0.5, 0.6) is 0 Å². The van der Waals surface area contributed by atoms with Gasteiger partial charge in [0.1, 0.15) is 0 Å². The Bertz CT molecular complexity index is 1170. The van der Waals surface area contributed by atoms with E-state index in [9.17, 15) is 13.2 Å². The minimum Gasteiger partial charge on any atom is -0.380 e. The fourth-order valence-corrected chi connectivity index (χ4v) is 4.56. The van der Waals surface area contributed by atoms with Gasteiger partial charge in [-0.2, -0.15) is 4.99 Å². The molecule has 0 aliphatic heterocycles. The van der Waals surface area contributed by atoms with Crippen LogP contribution in [0.25, 0.3) is 10.2 Å². The normalized spacial score (nSPS) is 12.6. The van der Waals surface area contributed by atoms with Crippen molar-refractivity contribution in [2.24, 2.45) is 4.99 Å². The Morgan fingerprint density at radius 2 is 1.89 bits per heavy atom. The number of thiazole rings is 1. The lowest BCUT2D eigenvalue weighted by Crippen LogP contribution is -2.19. The summed E-state index contributed by atoms with van der Waals surface area (Å²) >= 11 is 1.45. The number of ether oxygens (including phenoxy) is 1. The van der Waals surface area contributed by atoms with Gasteiger partial charge in [0.05, 0.1) is 21.7 Å². The molecule has 3 rings (SSSR count). The summed E-state index contributed by atoms with van der Waals surface area (Å²) in [4.78, 5) is 17.7. The number of fused-ring (bicyclic) bond motifs is 1. The Balaban J connectivity index is 2.02. The van der Waals surface area contributed by atoms with Crippen molar-refractivity contribution in [3.63, 3.8) is 0 Å². The zero-order chi connectivity index (χ0) is 20.3. The monoisotopic (exact) mass is 418 g/mol. The number of nitrogens with zero attached hydrogens (tertiary/aromatic N) is 2. The smallest absolute Gasteiger partial charge is 0.279 e. The van der Waals surface area contributed by atoms with Crippen LogP contribution in [-0.4, -0.2) is 38.4 Å². The molecule has 3 aromatic rings. The van der Waals surface area contributed by atoms with Gasteiger partial charge in [0.2, 0.25) is 0 Å². The largest absolute Gasteiger partial charge is 0.380 e. The molecule has 0 bridgehead atoms. The van der Waals surface area contributed by atoms with E-state index in [1.54, 1.807) is 0 Å². The highest BCUT2D eigenvalue weighted by Crippen LogP contribution is 2.19. The molecule has 1 heterocycles. The molecule has 0 spiro atoms. The Morgan fingerprint density at radius 3 is 2.54 bits per heavy atom. The van der Waals surface area contributed by atoms with E-state index in [-0.39, 0.29) is 4.90 Å². The van der Waals surface area contributed by atoms with E-state index in [1.165, 1.54) is 35.6 Å². The fourth-order valence-electron chi connectivity index (χ4n) is 2.78. The first-order valence-electron chi connectivity index (χ1n) is 8.86. The third kappa shape index (κ3) is 4.57. The summed E-state index contributed by atoms with van der Waals surface area (Å²) in [6.07, 6.45) is 1.13. The number of aryl methyl sites for hydroxylation is 1. The third-order valence-corrected chi connectivity index (χ3v) is 6.40. The molecule has 2 aromatic carbocycles. The maximum atomic E-state index is 12.6. The molecule has 1 aromatic heterocycles. The van der Waals surface area contributed by atoms with Gasteiger partial charge in [-0.3, -0.25) is 4.79 Å². The van der Waals surface area contributed by atoms with Crippen molar-refractivity contribution in [2.75, 3.05) is 19.5 Å². The summed E-state index contributed by atoms with van der Waals surface area (Å²) in [6, 6.07) is 12.0. The second kappa shape index (κ2) is 8.38. The van der Waals surface area contributed by atoms with Gasteiger partial charge in [0.25, 0.3) is 5.91 Å². The number of carbonyl (C=O) groups excluding carboxylic acids is 1. The van der Waals surface area contributed by atoms with E-state index >= 15 is 0 Å². The molecule has 148 valence electrons. The highest BCUT2D eigenvalue weighted by atomic mass is 32.2. The van der Waals surface area contributed by atoms with Crippen LogP contribution >= 0.6 is 11.3 Å². The minimum absolute atomic E-state index is 0.174. The summed E-state index contributed by atoms with van der Waals surface area (Å²) in [7, 11) is -3.30. The Kier molecular flexibility index (Phi) is 6.12. The van der Waals surface area contributed by atoms with E-state index in [1.807, 2.05) is 30.5 Å². The number of aromatic nitrogens is 1. The number of hydrogen-bond donors (Lipinski definition) is 0. The van der Waals surface area contributed by atoms with E-state index in [0.29, 0.717) is 30.1 Å². The number of benzene rings is 2. The van der Waals surface area contributed by atoms with Crippen molar-refractivity contribution in [2.45, 2.75) is 25.3 Å². The van der Waals surface area contributed by atoms with Crippen LogP contribution in [0.4, 0.5) is 0 Å². The predicted molar refractivity (Wildman–Crippen MR) is 110 cm³/mol. The van der Waals surface area contributed by atoms with Crippen molar-refractivity contribution in [3.8, 4) is 0 Å². The van der Waals surface area contributed by atoms with E-state index in [0.717, 1.165) is 22.0 Å². The maximum absolute atomic E-state index is 12.6. The molecule has 1 amide bonds. The Labute approximate surface area is 168 Å². The third-order valence-electron chi connectivity index (χ3n) is 4.23. The van der Waals surface area contributed by atoms with E-state index in [4.69, 9.17) is 4.74 Å². The molecule has 0 saturated heterocycles. The average molecular weight is 419 g/mol. The summed E-state index contributed by atoms with van der Waals surface area (Å²) in [5.74, 6) is -0.409. The first kappa shape index (κ1) is 20.4. The van der Waals surface area contributed by atoms with Crippen molar-refractivity contribution < 1.29 is 17.9 Å². The highest BCUT2D eigenvalue weighted by molar-refractivity contribution is 7.90. The maximum Gasteiger partial charge on any atom is 0.279 e. The summed E-state index contributed by atoms with van der Waals surface area (Å²) in [6.45, 7) is 5.71. The number of amides is 1. The van der Waals surface area contributed by atoms with Gasteiger partial charge in [-0.05, 0) is 55.8 Å². The second-order valence-corrected chi connectivity index (χ2v) is 9.44. The van der Waals surface area contributed by atoms with Gasteiger partial charge in [-0.15, -0.1) is 0 Å². The van der Waals surface area contributed by atoms with E-state index in [2.05, 4.69) is 11.1 Å². The molecule has 6 nitrogen and oxygen atoms in total. The lowest BCUT2D eigenvalue weighted by molar-refractivity contribution is 0.0996. The quantitative estimate of drug-likeness (QED) is 0.576. The molecule has 0 saturated carbocycles. The minimum atomic E-state index is -3.30. The van der Waals surface area contributed by atoms with Crippen molar-refractivity contribution in [1.82, 2.24) is 4.57 Å². The first-order chi connectivity index (χ1) is 13.3. The van der Waals surface area contributed by atoms with Crippen molar-refractivity contribution >= 4 is 37.3 Å². The SMILES string of the molecule is CCOCCn1c(=NC(=O)c2ccc(S(C)(=O)=O)cc2)sc2cc(C)ccc21. The van der Waals surface area contributed by atoms with Crippen LogP contribution in [0.15, 0.2) is 52.4 Å². The molecule has 0 aliphatic carbocycles. The molecular weight excluding hydrogens is 396 g/mol. The summed E-state index contributed by atoms with van der Waals surface area (Å²) < 4.78 is 31.7. The van der Waals surface area contributed by atoms with Gasteiger partial charge in [0, 0.05) is 25.0 Å². The van der Waals surface area contributed by atoms with Crippen molar-refractivity contribution in [1.29, 1.82) is 0 Å². The molecule has 0 unspecified atom stereocenters. The molecule has 0 fully saturated rings. The van der Waals surface area contributed by atoms with Gasteiger partial charge < -0.3 is 9.30 Å². The molecule has 0 N–H and O–H groups in total. The summed E-state index contributed by atoms with van der Waals surface area (Å²) in [5, 5.41) is 0. The molecule has 0 radical (unpaired) electrons. The predicted octanol–water partition coefficient (Wildman–Crippen LogP) is 3.19. The zero-order valence-corrected chi connectivity index (χ0v) is 17.6. The molecule has 28 heavy (non-hydrogen) atoms. The Hall–Kier alpha value is -2.29. The average Bonchev–Trinajstić information content (AvgIpc) is 2.97. The second-order valence-electron chi connectivity index (χ2n) is 6.42. The molecular formula is C20H22N2O4S2. The van der Waals surface area contributed by atoms with Crippen LogP contribution in [0.2, 0.25) is 0 Å². The zero-order valence-electron chi connectivity index (χ0n) is 16.0.